The van der Waals surface area contributed by atoms with Crippen LogP contribution in [0.4, 0.5) is 33.3 Å². The van der Waals surface area contributed by atoms with Crippen molar-refractivity contribution < 1.29 is 31.5 Å². The van der Waals surface area contributed by atoms with Crippen LogP contribution in [0.2, 0.25) is 5.15 Å². The Kier molecular flexibility index (Phi) is 5.59. The predicted molar refractivity (Wildman–Crippen MR) is 140 cm³/mol. The van der Waals surface area contributed by atoms with E-state index in [0.717, 1.165) is 24.3 Å². The number of halogens is 6. The zero-order valence-electron chi connectivity index (χ0n) is 22.2. The van der Waals surface area contributed by atoms with E-state index < -0.39 is 41.3 Å². The molecule has 2 saturated carbocycles. The van der Waals surface area contributed by atoms with Gasteiger partial charge in [-0.25, -0.2) is 18.3 Å². The second-order valence-corrected chi connectivity index (χ2v) is 12.6. The van der Waals surface area contributed by atoms with Crippen LogP contribution in [0.3, 0.4) is 0 Å². The fourth-order valence-corrected chi connectivity index (χ4v) is 7.36. The minimum absolute atomic E-state index is 0.0143. The Balaban J connectivity index is 1.16. The molecule has 1 amide bonds. The van der Waals surface area contributed by atoms with Crippen LogP contribution in [0.1, 0.15) is 43.9 Å². The lowest BCUT2D eigenvalue weighted by atomic mass is 9.87. The monoisotopic (exact) mass is 595 g/mol. The molecule has 0 bridgehead atoms. The van der Waals surface area contributed by atoms with E-state index in [0.29, 0.717) is 30.7 Å². The van der Waals surface area contributed by atoms with Gasteiger partial charge in [0.15, 0.2) is 10.8 Å². The van der Waals surface area contributed by atoms with Gasteiger partial charge in [-0.3, -0.25) is 4.79 Å². The van der Waals surface area contributed by atoms with Crippen molar-refractivity contribution in [3.63, 3.8) is 0 Å². The van der Waals surface area contributed by atoms with Crippen molar-refractivity contribution in [2.24, 2.45) is 17.3 Å². The molecule has 7 nitrogen and oxygen atoms in total. The topological polar surface area (TPSA) is 71.8 Å². The number of nitrogens with zero attached hydrogens (tertiary/aromatic N) is 4. The molecule has 218 valence electrons. The van der Waals surface area contributed by atoms with Gasteiger partial charge in [0.2, 0.25) is 5.91 Å². The van der Waals surface area contributed by atoms with Gasteiger partial charge < -0.3 is 15.0 Å². The Morgan fingerprint density at radius 1 is 1.12 bits per heavy atom. The number of fused-ring (bicyclic) bond motifs is 4. The van der Waals surface area contributed by atoms with Gasteiger partial charge in [0.05, 0.1) is 23.5 Å². The number of aromatic nitrogens is 3. The van der Waals surface area contributed by atoms with Crippen molar-refractivity contribution in [3.8, 4) is 0 Å². The number of carbonyl (C=O) groups excluding carboxylic acids is 1. The third kappa shape index (κ3) is 3.68. The van der Waals surface area contributed by atoms with Crippen LogP contribution >= 0.6 is 11.6 Å². The smallest absolute Gasteiger partial charge is 0.381 e. The highest BCUT2D eigenvalue weighted by atomic mass is 35.5. The van der Waals surface area contributed by atoms with Crippen molar-refractivity contribution in [2.75, 3.05) is 24.7 Å². The highest BCUT2D eigenvalue weighted by Gasteiger charge is 2.82. The second-order valence-electron chi connectivity index (χ2n) is 12.2. The Bertz CT molecular complexity index is 1550. The molecule has 2 unspecified atom stereocenters. The lowest BCUT2D eigenvalue weighted by Crippen LogP contribution is -2.43. The Hall–Kier alpha value is -2.99. The van der Waals surface area contributed by atoms with Gasteiger partial charge in [0.1, 0.15) is 10.8 Å². The molecule has 2 aliphatic heterocycles. The Morgan fingerprint density at radius 2 is 1.78 bits per heavy atom. The van der Waals surface area contributed by atoms with E-state index in [4.69, 9.17) is 16.3 Å². The van der Waals surface area contributed by atoms with Crippen LogP contribution in [-0.4, -0.2) is 58.4 Å². The third-order valence-corrected chi connectivity index (χ3v) is 9.93. The fraction of sp³-hybridized carbons (Fsp3) is 0.536. The molecule has 4 heterocycles. The molecule has 2 aliphatic carbocycles. The van der Waals surface area contributed by atoms with Crippen LogP contribution in [0.25, 0.3) is 5.65 Å². The summed E-state index contributed by atoms with van der Waals surface area (Å²) in [6.45, 7) is 3.18. The molecule has 1 N–H and O–H groups in total. The predicted octanol–water partition coefficient (Wildman–Crippen LogP) is 5.63. The van der Waals surface area contributed by atoms with Gasteiger partial charge in [0.25, 0.3) is 5.92 Å². The third-order valence-electron chi connectivity index (χ3n) is 9.75. The molecule has 0 radical (unpaired) electrons. The molecule has 2 aromatic heterocycles. The maximum atomic E-state index is 15.2. The molecule has 1 saturated heterocycles. The quantitative estimate of drug-likeness (QED) is 0.396. The first kappa shape index (κ1) is 26.9. The molecule has 3 aromatic rings. The number of hydrogen-bond donors (Lipinski definition) is 1. The summed E-state index contributed by atoms with van der Waals surface area (Å²) < 4.78 is 80.3. The number of benzene rings is 1. The first-order chi connectivity index (χ1) is 19.3. The van der Waals surface area contributed by atoms with Gasteiger partial charge in [-0.2, -0.15) is 18.3 Å². The van der Waals surface area contributed by atoms with Crippen LogP contribution < -0.4 is 10.2 Å². The zero-order chi connectivity index (χ0) is 29.1. The van der Waals surface area contributed by atoms with E-state index in [2.05, 4.69) is 15.4 Å². The molecule has 41 heavy (non-hydrogen) atoms. The molecule has 1 aromatic carbocycles. The van der Waals surface area contributed by atoms with Gasteiger partial charge >= 0.3 is 6.18 Å². The van der Waals surface area contributed by atoms with Gasteiger partial charge in [0, 0.05) is 37.6 Å². The minimum Gasteiger partial charge on any atom is -0.381 e. The average molecular weight is 596 g/mol. The minimum atomic E-state index is -4.63. The molecule has 3 fully saturated rings. The van der Waals surface area contributed by atoms with E-state index in [1.165, 1.54) is 48.4 Å². The SMILES string of the molecule is C[C@@]1(C(F)(F)F)CN(c2ccc([C@H]3C(F)(F)[C@]3(C)C(=O)NC3CC4COCC4C3)cc2)c2cnc3cc(Cl)nn3c21. The zero-order valence-corrected chi connectivity index (χ0v) is 22.9. The van der Waals surface area contributed by atoms with E-state index in [9.17, 15) is 18.0 Å². The maximum absolute atomic E-state index is 15.2. The summed E-state index contributed by atoms with van der Waals surface area (Å²) in [6.07, 6.45) is -1.85. The van der Waals surface area contributed by atoms with Crippen LogP contribution in [0.15, 0.2) is 36.5 Å². The number of carbonyl (C=O) groups is 1. The number of nitrogens with one attached hydrogen (secondary N) is 1. The molecule has 5 atom stereocenters. The van der Waals surface area contributed by atoms with Gasteiger partial charge in [-0.1, -0.05) is 23.7 Å². The molecule has 13 heteroatoms. The summed E-state index contributed by atoms with van der Waals surface area (Å²) in [5.74, 6) is -4.58. The van der Waals surface area contributed by atoms with Crippen LogP contribution in [0, 0.1) is 17.3 Å². The van der Waals surface area contributed by atoms with Gasteiger partial charge in [-0.05, 0) is 56.2 Å². The molecule has 7 rings (SSSR count). The first-order valence-electron chi connectivity index (χ1n) is 13.5. The summed E-state index contributed by atoms with van der Waals surface area (Å²) >= 11 is 5.97. The molecule has 0 spiro atoms. The standard InChI is InChI=1S/C28H27ClF5N5O2/c1-25(28(32,33)34)13-38(19-10-35-21-9-20(29)37-39(21)23(19)25)18-5-3-14(4-6-18)22-26(2,27(22,30)31)24(40)36-17-7-15-11-41-12-16(15)8-17/h3-6,9-10,15-17,22H,7-8,11-13H2,1-2H3,(H,36,40)/t15?,16?,17?,22-,25-,26+/m1/s1. The fourth-order valence-electron chi connectivity index (χ4n) is 7.19. The number of anilines is 2. The number of hydrogen-bond acceptors (Lipinski definition) is 5. The number of alkyl halides is 5. The summed E-state index contributed by atoms with van der Waals surface area (Å²) in [6, 6.07) is 7.16. The number of ether oxygens (including phenoxy) is 1. The van der Waals surface area contributed by atoms with Crippen molar-refractivity contribution in [3.05, 3.63) is 52.9 Å². The summed E-state index contributed by atoms with van der Waals surface area (Å²) in [5, 5.41) is 6.91. The first-order valence-corrected chi connectivity index (χ1v) is 13.9. The summed E-state index contributed by atoms with van der Waals surface area (Å²) in [4.78, 5) is 18.8. The van der Waals surface area contributed by atoms with Crippen molar-refractivity contribution >= 4 is 34.5 Å². The number of amides is 1. The lowest BCUT2D eigenvalue weighted by molar-refractivity contribution is -0.181. The summed E-state index contributed by atoms with van der Waals surface area (Å²) in [7, 11) is 0. The highest BCUT2D eigenvalue weighted by Crippen LogP contribution is 2.71. The van der Waals surface area contributed by atoms with E-state index in [1.54, 1.807) is 0 Å². The maximum Gasteiger partial charge on any atom is 0.401 e. The van der Waals surface area contributed by atoms with Crippen LogP contribution in [-0.2, 0) is 14.9 Å². The van der Waals surface area contributed by atoms with Crippen molar-refractivity contribution in [1.82, 2.24) is 19.9 Å². The largest absolute Gasteiger partial charge is 0.401 e. The lowest BCUT2D eigenvalue weighted by Gasteiger charge is -2.28. The van der Waals surface area contributed by atoms with E-state index in [-0.39, 0.29) is 33.8 Å². The average Bonchev–Trinajstić information content (AvgIpc) is 3.49. The van der Waals surface area contributed by atoms with Crippen molar-refractivity contribution in [1.29, 1.82) is 0 Å². The van der Waals surface area contributed by atoms with Crippen LogP contribution in [0.5, 0.6) is 0 Å². The highest BCUT2D eigenvalue weighted by molar-refractivity contribution is 6.29. The van der Waals surface area contributed by atoms with Gasteiger partial charge in [-0.15, -0.1) is 0 Å². The Labute approximate surface area is 237 Å². The molecular formula is C28H27ClF5N5O2. The molecular weight excluding hydrogens is 569 g/mol. The Morgan fingerprint density at radius 3 is 2.41 bits per heavy atom. The molecule has 4 aliphatic rings. The van der Waals surface area contributed by atoms with E-state index in [1.807, 2.05) is 0 Å². The summed E-state index contributed by atoms with van der Waals surface area (Å²) in [5.41, 5.74) is -3.32. The normalized spacial score (nSPS) is 33.7. The van der Waals surface area contributed by atoms with Crippen molar-refractivity contribution in [2.45, 2.75) is 56.2 Å². The van der Waals surface area contributed by atoms with E-state index >= 15 is 8.78 Å². The second kappa shape index (κ2) is 8.53. The number of rotatable bonds is 4.